The van der Waals surface area contributed by atoms with Crippen molar-refractivity contribution in [1.82, 2.24) is 6.15 Å². The summed E-state index contributed by atoms with van der Waals surface area (Å²) >= 11 is 0. The van der Waals surface area contributed by atoms with Crippen molar-refractivity contribution in [2.45, 2.75) is 0 Å². The molecular formula is C10H15N3O4S+2. The fourth-order valence-corrected chi connectivity index (χ4v) is 1.09. The van der Waals surface area contributed by atoms with Crippen LogP contribution in [-0.4, -0.2) is 17.5 Å². The summed E-state index contributed by atoms with van der Waals surface area (Å²) in [6.07, 6.45) is 8.00. The zero-order chi connectivity index (χ0) is 12.7. The summed E-state index contributed by atoms with van der Waals surface area (Å²) in [5.41, 5.74) is 0. The second-order valence-corrected chi connectivity index (χ2v) is 3.85. The van der Waals surface area contributed by atoms with Crippen LogP contribution in [0, 0.1) is 0 Å². The van der Waals surface area contributed by atoms with E-state index in [0.29, 0.717) is 0 Å². The van der Waals surface area contributed by atoms with Gasteiger partial charge in [0.2, 0.25) is 24.8 Å². The highest BCUT2D eigenvalue weighted by Gasteiger charge is 2.06. The third kappa shape index (κ3) is 7.41. The van der Waals surface area contributed by atoms with E-state index in [4.69, 9.17) is 17.5 Å². The van der Waals surface area contributed by atoms with Gasteiger partial charge in [-0.05, 0) is 12.1 Å². The number of rotatable bonds is 1. The lowest BCUT2D eigenvalue weighted by Gasteiger charge is -1.84. The molecule has 0 atom stereocenters. The molecule has 0 radical (unpaired) electrons. The molecule has 0 aromatic carbocycles. The quantitative estimate of drug-likeness (QED) is 0.502. The molecule has 2 heterocycles. The maximum absolute atomic E-state index is 8.74. The average Bonchev–Trinajstić information content (AvgIpc) is 2.29. The first-order valence-electron chi connectivity index (χ1n) is 4.60. The van der Waals surface area contributed by atoms with Gasteiger partial charge in [0.1, 0.15) is 0 Å². The van der Waals surface area contributed by atoms with Gasteiger partial charge in [0, 0.05) is 24.3 Å². The molecule has 2 aromatic rings. The molecule has 0 spiro atoms. The Labute approximate surface area is 105 Å². The predicted octanol–water partition coefficient (Wildman–Crippen LogP) is 0.0822. The monoisotopic (exact) mass is 273 g/mol. The van der Waals surface area contributed by atoms with Crippen LogP contribution in [0.2, 0.25) is 0 Å². The second-order valence-electron chi connectivity index (χ2n) is 2.96. The highest BCUT2D eigenvalue weighted by atomic mass is 32.3. The van der Waals surface area contributed by atoms with E-state index in [1.807, 2.05) is 70.5 Å². The molecule has 0 aliphatic carbocycles. The normalized spacial score (nSPS) is 9.67. The molecular weight excluding hydrogens is 258 g/mol. The minimum atomic E-state index is -4.67. The molecule has 0 bridgehead atoms. The molecule has 18 heavy (non-hydrogen) atoms. The van der Waals surface area contributed by atoms with E-state index in [2.05, 4.69) is 0 Å². The molecule has 2 aromatic heterocycles. The average molecular weight is 273 g/mol. The van der Waals surface area contributed by atoms with Crippen LogP contribution in [-0.2, 0) is 10.4 Å². The molecule has 0 saturated heterocycles. The van der Waals surface area contributed by atoms with Crippen LogP contribution in [0.1, 0.15) is 0 Å². The van der Waals surface area contributed by atoms with Crippen molar-refractivity contribution in [1.29, 1.82) is 0 Å². The van der Waals surface area contributed by atoms with Gasteiger partial charge in [-0.15, -0.1) is 0 Å². The van der Waals surface area contributed by atoms with Crippen molar-refractivity contribution in [3.8, 4) is 0 Å². The first-order valence-corrected chi connectivity index (χ1v) is 5.99. The van der Waals surface area contributed by atoms with Crippen LogP contribution in [0.25, 0.3) is 0 Å². The number of pyridine rings is 2. The molecule has 5 N–H and O–H groups in total. The molecule has 7 nitrogen and oxygen atoms in total. The number of nitrogens with zero attached hydrogens (tertiary/aromatic N) is 2. The molecule has 0 amide bonds. The summed E-state index contributed by atoms with van der Waals surface area (Å²) in [4.78, 5) is 0. The molecule has 98 valence electrons. The third-order valence-electron chi connectivity index (χ3n) is 1.67. The molecule has 0 aliphatic rings. The van der Waals surface area contributed by atoms with Gasteiger partial charge in [0.05, 0.1) is 9.35 Å². The Morgan fingerprint density at radius 2 is 0.889 bits per heavy atom. The van der Waals surface area contributed by atoms with Gasteiger partial charge in [-0.25, -0.2) is 0 Å². The van der Waals surface area contributed by atoms with Gasteiger partial charge >= 0.3 is 10.4 Å². The fraction of sp³-hybridized carbons (Fsp3) is 0. The van der Waals surface area contributed by atoms with Crippen molar-refractivity contribution in [3.05, 3.63) is 61.2 Å². The lowest BCUT2D eigenvalue weighted by Crippen LogP contribution is -2.65. The van der Waals surface area contributed by atoms with Crippen molar-refractivity contribution in [2.75, 3.05) is 0 Å². The largest absolute Gasteiger partial charge is 0.394 e. The van der Waals surface area contributed by atoms with Gasteiger partial charge in [-0.1, -0.05) is 0 Å². The summed E-state index contributed by atoms with van der Waals surface area (Å²) in [5.74, 6) is 0. The standard InChI is InChI=1S/C10H10N2.H3N.H2O4S/c1-3-7-11(8-4-1)12-9-5-2-6-10-12;;1-5(2,3)4/h1-10H;1H3;(H2,1,2,3,4)/q+2;;. The summed E-state index contributed by atoms with van der Waals surface area (Å²) in [6, 6.07) is 12.0. The SMILES string of the molecule is N.O=S(=O)(O)O.c1cc[n+](-[n+]2ccccc2)cc1. The fourth-order valence-electron chi connectivity index (χ4n) is 1.09. The van der Waals surface area contributed by atoms with Crippen LogP contribution in [0.4, 0.5) is 0 Å². The van der Waals surface area contributed by atoms with Gasteiger partial charge in [0.15, 0.2) is 0 Å². The molecule has 8 heteroatoms. The Morgan fingerprint density at radius 3 is 1.11 bits per heavy atom. The highest BCUT2D eigenvalue weighted by molar-refractivity contribution is 7.79. The third-order valence-corrected chi connectivity index (χ3v) is 1.67. The number of hydrogen-bond acceptors (Lipinski definition) is 3. The van der Waals surface area contributed by atoms with Crippen molar-refractivity contribution in [3.63, 3.8) is 0 Å². The van der Waals surface area contributed by atoms with E-state index in [1.54, 1.807) is 0 Å². The zero-order valence-corrected chi connectivity index (χ0v) is 10.3. The smallest absolute Gasteiger partial charge is 0.344 e. The van der Waals surface area contributed by atoms with E-state index >= 15 is 0 Å². The number of aromatic nitrogens is 2. The lowest BCUT2D eigenvalue weighted by atomic mass is 10.5. The van der Waals surface area contributed by atoms with Gasteiger partial charge < -0.3 is 6.15 Å². The zero-order valence-electron chi connectivity index (χ0n) is 9.49. The maximum atomic E-state index is 8.74. The Kier molecular flexibility index (Phi) is 6.68. The number of hydrogen-bond donors (Lipinski definition) is 3. The predicted molar refractivity (Wildman–Crippen MR) is 63.3 cm³/mol. The molecule has 2 rings (SSSR count). The summed E-state index contributed by atoms with van der Waals surface area (Å²) in [5, 5.41) is 0. The highest BCUT2D eigenvalue weighted by Crippen LogP contribution is 1.76. The van der Waals surface area contributed by atoms with Crippen molar-refractivity contribution in [2.24, 2.45) is 0 Å². The Hall–Kier alpha value is -1.87. The van der Waals surface area contributed by atoms with E-state index < -0.39 is 10.4 Å². The minimum Gasteiger partial charge on any atom is -0.344 e. The maximum Gasteiger partial charge on any atom is 0.394 e. The Bertz CT molecular complexity index is 500. The molecule has 0 fully saturated rings. The van der Waals surface area contributed by atoms with Gasteiger partial charge in [0.25, 0.3) is 0 Å². The minimum absolute atomic E-state index is 0. The first-order chi connectivity index (χ1) is 7.97. The van der Waals surface area contributed by atoms with Gasteiger partial charge in [-0.3, -0.25) is 9.11 Å². The van der Waals surface area contributed by atoms with Crippen LogP contribution in [0.5, 0.6) is 0 Å². The second kappa shape index (κ2) is 7.45. The van der Waals surface area contributed by atoms with Crippen LogP contribution >= 0.6 is 0 Å². The van der Waals surface area contributed by atoms with Crippen molar-refractivity contribution >= 4 is 10.4 Å². The summed E-state index contributed by atoms with van der Waals surface area (Å²) < 4.78 is 35.6. The molecule has 0 saturated carbocycles. The topological polar surface area (TPSA) is 117 Å². The Morgan fingerprint density at radius 1 is 0.667 bits per heavy atom. The van der Waals surface area contributed by atoms with Crippen LogP contribution < -0.4 is 15.5 Å². The van der Waals surface area contributed by atoms with Crippen LogP contribution in [0.15, 0.2) is 61.2 Å². The van der Waals surface area contributed by atoms with Crippen LogP contribution in [0.3, 0.4) is 0 Å². The van der Waals surface area contributed by atoms with E-state index in [9.17, 15) is 0 Å². The van der Waals surface area contributed by atoms with Gasteiger partial charge in [-0.2, -0.15) is 8.42 Å². The van der Waals surface area contributed by atoms with E-state index in [0.717, 1.165) is 0 Å². The Balaban J connectivity index is 0.000000421. The summed E-state index contributed by atoms with van der Waals surface area (Å²) in [6.45, 7) is 0. The van der Waals surface area contributed by atoms with E-state index in [-0.39, 0.29) is 6.15 Å². The lowest BCUT2D eigenvalue weighted by molar-refractivity contribution is -1.30. The molecule has 0 aliphatic heterocycles. The van der Waals surface area contributed by atoms with Crippen molar-refractivity contribution < 1.29 is 26.9 Å². The first kappa shape index (κ1) is 16.1. The van der Waals surface area contributed by atoms with E-state index in [1.165, 1.54) is 0 Å². The summed E-state index contributed by atoms with van der Waals surface area (Å²) in [7, 11) is -4.67. The molecule has 0 unspecified atom stereocenters.